The second-order valence-electron chi connectivity index (χ2n) is 6.05. The summed E-state index contributed by atoms with van der Waals surface area (Å²) in [6, 6.07) is 21.5. The van der Waals surface area contributed by atoms with Crippen molar-refractivity contribution in [3.05, 3.63) is 89.5 Å². The Morgan fingerprint density at radius 1 is 0.583 bits per heavy atom. The number of benzene rings is 3. The van der Waals surface area contributed by atoms with Gasteiger partial charge in [0.2, 0.25) is 0 Å². The Hall–Kier alpha value is -2.94. The molecule has 3 aromatic rings. The van der Waals surface area contributed by atoms with Crippen molar-refractivity contribution < 1.29 is 15.3 Å². The van der Waals surface area contributed by atoms with Crippen molar-refractivity contribution in [2.45, 2.75) is 18.8 Å². The van der Waals surface area contributed by atoms with Gasteiger partial charge in [0.15, 0.2) is 0 Å². The highest BCUT2D eigenvalue weighted by atomic mass is 16.3. The van der Waals surface area contributed by atoms with E-state index in [-0.39, 0.29) is 29.1 Å². The average molecular weight is 320 g/mol. The summed E-state index contributed by atoms with van der Waals surface area (Å²) < 4.78 is 0. The summed E-state index contributed by atoms with van der Waals surface area (Å²) in [5.74, 6) is 0.623. The molecule has 3 heteroatoms. The molecule has 1 unspecified atom stereocenters. The van der Waals surface area contributed by atoms with Gasteiger partial charge in [-0.05, 0) is 59.0 Å². The van der Waals surface area contributed by atoms with E-state index in [1.165, 1.54) is 0 Å². The van der Waals surface area contributed by atoms with E-state index < -0.39 is 0 Å². The summed E-state index contributed by atoms with van der Waals surface area (Å²) in [5.41, 5.74) is 2.90. The minimum atomic E-state index is -0.0639. The van der Waals surface area contributed by atoms with E-state index in [1.807, 2.05) is 36.4 Å². The maximum absolute atomic E-state index is 9.87. The molecule has 24 heavy (non-hydrogen) atoms. The van der Waals surface area contributed by atoms with Gasteiger partial charge in [0.1, 0.15) is 17.2 Å². The molecule has 0 fully saturated rings. The maximum atomic E-state index is 9.87. The molecule has 0 radical (unpaired) electrons. The van der Waals surface area contributed by atoms with E-state index in [0.717, 1.165) is 16.7 Å². The van der Waals surface area contributed by atoms with E-state index in [1.54, 1.807) is 36.4 Å². The summed E-state index contributed by atoms with van der Waals surface area (Å²) in [5, 5.41) is 29.5. The molecule has 3 nitrogen and oxygen atoms in total. The molecule has 0 aliphatic carbocycles. The van der Waals surface area contributed by atoms with E-state index in [4.69, 9.17) is 0 Å². The molecule has 0 aromatic heterocycles. The van der Waals surface area contributed by atoms with Crippen LogP contribution >= 0.6 is 0 Å². The molecule has 0 heterocycles. The second kappa shape index (κ2) is 6.67. The Balaban J connectivity index is 2.11. The second-order valence-corrected chi connectivity index (χ2v) is 6.05. The SMILES string of the molecule is CC(c1cccc(O)c1)C(c1cccc(O)c1)c1cccc(O)c1. The first-order valence-electron chi connectivity index (χ1n) is 7.91. The number of hydrogen-bond acceptors (Lipinski definition) is 3. The van der Waals surface area contributed by atoms with Crippen molar-refractivity contribution in [3.8, 4) is 17.2 Å². The van der Waals surface area contributed by atoms with Crippen molar-refractivity contribution in [2.75, 3.05) is 0 Å². The molecule has 0 aliphatic heterocycles. The minimum absolute atomic E-state index is 0.0423. The summed E-state index contributed by atoms with van der Waals surface area (Å²) >= 11 is 0. The Morgan fingerprint density at radius 3 is 1.38 bits per heavy atom. The number of phenols is 3. The fourth-order valence-corrected chi connectivity index (χ4v) is 3.21. The Bertz CT molecular complexity index is 796. The van der Waals surface area contributed by atoms with E-state index in [9.17, 15) is 15.3 Å². The third kappa shape index (κ3) is 3.35. The Labute approximate surface area is 141 Å². The van der Waals surface area contributed by atoms with Crippen LogP contribution in [0, 0.1) is 0 Å². The highest BCUT2D eigenvalue weighted by Gasteiger charge is 2.24. The molecule has 0 saturated carbocycles. The maximum Gasteiger partial charge on any atom is 0.115 e. The molecule has 3 N–H and O–H groups in total. The molecule has 0 saturated heterocycles. The fourth-order valence-electron chi connectivity index (χ4n) is 3.21. The van der Waals surface area contributed by atoms with Crippen molar-refractivity contribution >= 4 is 0 Å². The zero-order valence-corrected chi connectivity index (χ0v) is 13.4. The first-order chi connectivity index (χ1) is 11.5. The predicted molar refractivity (Wildman–Crippen MR) is 94.6 cm³/mol. The van der Waals surface area contributed by atoms with Crippen molar-refractivity contribution in [1.82, 2.24) is 0 Å². The van der Waals surface area contributed by atoms with Crippen LogP contribution in [-0.4, -0.2) is 15.3 Å². The van der Waals surface area contributed by atoms with Crippen LogP contribution in [0.5, 0.6) is 17.2 Å². The van der Waals surface area contributed by atoms with Crippen molar-refractivity contribution in [1.29, 1.82) is 0 Å². The van der Waals surface area contributed by atoms with Crippen molar-refractivity contribution in [3.63, 3.8) is 0 Å². The summed E-state index contributed by atoms with van der Waals surface area (Å²) in [4.78, 5) is 0. The van der Waals surface area contributed by atoms with Crippen LogP contribution in [0.3, 0.4) is 0 Å². The van der Waals surface area contributed by atoms with E-state index in [0.29, 0.717) is 0 Å². The Kier molecular flexibility index (Phi) is 4.43. The summed E-state index contributed by atoms with van der Waals surface area (Å²) in [7, 11) is 0. The molecule has 0 spiro atoms. The lowest BCUT2D eigenvalue weighted by Crippen LogP contribution is -2.10. The topological polar surface area (TPSA) is 60.7 Å². The van der Waals surface area contributed by atoms with Gasteiger partial charge in [-0.25, -0.2) is 0 Å². The molecule has 0 bridgehead atoms. The largest absolute Gasteiger partial charge is 0.508 e. The molecule has 0 amide bonds. The number of phenolic OH excluding ortho intramolecular Hbond substituents is 3. The lowest BCUT2D eigenvalue weighted by atomic mass is 9.78. The van der Waals surface area contributed by atoms with Crippen LogP contribution in [-0.2, 0) is 0 Å². The molecule has 122 valence electrons. The predicted octanol–water partition coefficient (Wildman–Crippen LogP) is 4.74. The van der Waals surface area contributed by atoms with Gasteiger partial charge in [0.25, 0.3) is 0 Å². The van der Waals surface area contributed by atoms with Gasteiger partial charge in [-0.1, -0.05) is 43.3 Å². The number of hydrogen-bond donors (Lipinski definition) is 3. The average Bonchev–Trinajstić information content (AvgIpc) is 2.55. The highest BCUT2D eigenvalue weighted by molar-refractivity contribution is 5.43. The van der Waals surface area contributed by atoms with Crippen molar-refractivity contribution in [2.24, 2.45) is 0 Å². The van der Waals surface area contributed by atoms with Gasteiger partial charge in [-0.2, -0.15) is 0 Å². The molecular weight excluding hydrogens is 300 g/mol. The molecule has 3 aromatic carbocycles. The van der Waals surface area contributed by atoms with E-state index in [2.05, 4.69) is 6.92 Å². The van der Waals surface area contributed by atoms with Crippen LogP contribution in [0.2, 0.25) is 0 Å². The third-order valence-electron chi connectivity index (χ3n) is 4.35. The minimum Gasteiger partial charge on any atom is -0.508 e. The van der Waals surface area contributed by atoms with Gasteiger partial charge >= 0.3 is 0 Å². The standard InChI is InChI=1S/C21H20O3/c1-14(15-5-2-8-18(22)11-15)21(16-6-3-9-19(23)12-16)17-7-4-10-20(24)13-17/h2-14,21-24H,1H3. The third-order valence-corrected chi connectivity index (χ3v) is 4.35. The van der Waals surface area contributed by atoms with Gasteiger partial charge in [0, 0.05) is 5.92 Å². The smallest absolute Gasteiger partial charge is 0.115 e. The molecule has 1 atom stereocenters. The van der Waals surface area contributed by atoms with Crippen LogP contribution in [0.15, 0.2) is 72.8 Å². The monoisotopic (exact) mass is 320 g/mol. The van der Waals surface area contributed by atoms with Crippen LogP contribution in [0.25, 0.3) is 0 Å². The fraction of sp³-hybridized carbons (Fsp3) is 0.143. The van der Waals surface area contributed by atoms with Gasteiger partial charge in [0.05, 0.1) is 0 Å². The number of aromatic hydroxyl groups is 3. The molecular formula is C21H20O3. The summed E-state index contributed by atoms with van der Waals surface area (Å²) in [6.07, 6.45) is 0. The lowest BCUT2D eigenvalue weighted by Gasteiger charge is -2.26. The van der Waals surface area contributed by atoms with E-state index >= 15 is 0 Å². The highest BCUT2D eigenvalue weighted by Crippen LogP contribution is 2.40. The van der Waals surface area contributed by atoms with Gasteiger partial charge in [-0.3, -0.25) is 0 Å². The molecule has 0 aliphatic rings. The Morgan fingerprint density at radius 2 is 0.958 bits per heavy atom. The number of rotatable bonds is 4. The van der Waals surface area contributed by atoms with Crippen LogP contribution in [0.4, 0.5) is 0 Å². The summed E-state index contributed by atoms with van der Waals surface area (Å²) in [6.45, 7) is 2.08. The van der Waals surface area contributed by atoms with Gasteiger partial charge < -0.3 is 15.3 Å². The zero-order valence-electron chi connectivity index (χ0n) is 13.4. The molecule has 3 rings (SSSR count). The van der Waals surface area contributed by atoms with Crippen LogP contribution in [0.1, 0.15) is 35.4 Å². The quantitative estimate of drug-likeness (QED) is 0.651. The first kappa shape index (κ1) is 15.9. The lowest BCUT2D eigenvalue weighted by molar-refractivity contribution is 0.469. The van der Waals surface area contributed by atoms with Crippen LogP contribution < -0.4 is 0 Å². The normalized spacial score (nSPS) is 12.2. The first-order valence-corrected chi connectivity index (χ1v) is 7.91. The zero-order chi connectivity index (χ0) is 17.1. The van der Waals surface area contributed by atoms with Gasteiger partial charge in [-0.15, -0.1) is 0 Å².